The molecule has 5 heteroatoms. The number of hydrogen-bond donors (Lipinski definition) is 0. The van der Waals surface area contributed by atoms with E-state index < -0.39 is 0 Å². The molecule has 0 fully saturated rings. The van der Waals surface area contributed by atoms with Crippen molar-refractivity contribution in [3.63, 3.8) is 0 Å². The second-order valence-electron chi connectivity index (χ2n) is 3.42. The van der Waals surface area contributed by atoms with Crippen LogP contribution in [-0.2, 0) is 0 Å². The number of thiophene rings is 2. The van der Waals surface area contributed by atoms with Gasteiger partial charge < -0.3 is 0 Å². The van der Waals surface area contributed by atoms with Gasteiger partial charge in [0.25, 0.3) is 0 Å². The van der Waals surface area contributed by atoms with E-state index in [0.29, 0.717) is 0 Å². The Balaban J connectivity index is 2.42. The lowest BCUT2D eigenvalue weighted by Gasteiger charge is -1.94. The monoisotopic (exact) mass is 378 g/mol. The summed E-state index contributed by atoms with van der Waals surface area (Å²) in [6, 6.07) is 3.83. The summed E-state index contributed by atoms with van der Waals surface area (Å²) < 4.78 is 2.03. The fraction of sp³-hybridized carbons (Fsp3) is 0.182. The number of hydrogen-bond acceptors (Lipinski definition) is 3. The van der Waals surface area contributed by atoms with E-state index in [2.05, 4.69) is 31.9 Å². The van der Waals surface area contributed by atoms with E-state index in [4.69, 9.17) is 0 Å². The van der Waals surface area contributed by atoms with Crippen LogP contribution < -0.4 is 0 Å². The molecule has 16 heavy (non-hydrogen) atoms. The van der Waals surface area contributed by atoms with E-state index in [9.17, 15) is 4.79 Å². The molecule has 2 rings (SSSR count). The summed E-state index contributed by atoms with van der Waals surface area (Å²) in [7, 11) is 0. The first-order valence-electron chi connectivity index (χ1n) is 4.55. The molecule has 0 atom stereocenters. The van der Waals surface area contributed by atoms with Crippen LogP contribution in [0.1, 0.15) is 25.7 Å². The van der Waals surface area contributed by atoms with Gasteiger partial charge in [-0.25, -0.2) is 0 Å². The third kappa shape index (κ3) is 2.32. The molecule has 84 valence electrons. The molecule has 0 aromatic carbocycles. The smallest absolute Gasteiger partial charge is 0.204 e. The summed E-state index contributed by atoms with van der Waals surface area (Å²) in [4.78, 5) is 14.1. The van der Waals surface area contributed by atoms with Crippen molar-refractivity contribution < 1.29 is 4.79 Å². The highest BCUT2D eigenvalue weighted by atomic mass is 79.9. The Labute approximate surface area is 119 Å². The number of carbonyl (C=O) groups is 1. The van der Waals surface area contributed by atoms with Crippen molar-refractivity contribution in [2.75, 3.05) is 0 Å². The first-order chi connectivity index (χ1) is 7.49. The SMILES string of the molecule is Cc1cc(C(=O)c2cc(Br)sc2C)sc1Br. The Kier molecular flexibility index (Phi) is 3.69. The second kappa shape index (κ2) is 4.72. The van der Waals surface area contributed by atoms with Crippen LogP contribution in [0.15, 0.2) is 19.7 Å². The lowest BCUT2D eigenvalue weighted by atomic mass is 10.1. The number of aryl methyl sites for hydroxylation is 2. The van der Waals surface area contributed by atoms with Crippen molar-refractivity contribution in [3.8, 4) is 0 Å². The molecule has 0 amide bonds. The summed E-state index contributed by atoms with van der Waals surface area (Å²) in [5.41, 5.74) is 1.91. The highest BCUT2D eigenvalue weighted by Crippen LogP contribution is 2.32. The maximum Gasteiger partial charge on any atom is 0.204 e. The van der Waals surface area contributed by atoms with Crippen molar-refractivity contribution in [1.29, 1.82) is 0 Å². The average Bonchev–Trinajstić information content (AvgIpc) is 2.70. The number of halogens is 2. The van der Waals surface area contributed by atoms with E-state index in [0.717, 1.165) is 28.5 Å². The first-order valence-corrected chi connectivity index (χ1v) is 7.77. The summed E-state index contributed by atoms with van der Waals surface area (Å²) in [6.45, 7) is 3.96. The lowest BCUT2D eigenvalue weighted by Crippen LogP contribution is -1.97. The molecule has 2 aromatic rings. The minimum Gasteiger partial charge on any atom is -0.288 e. The third-order valence-electron chi connectivity index (χ3n) is 2.21. The minimum absolute atomic E-state index is 0.109. The normalized spacial score (nSPS) is 10.8. The van der Waals surface area contributed by atoms with Gasteiger partial charge in [-0.3, -0.25) is 4.79 Å². The highest BCUT2D eigenvalue weighted by Gasteiger charge is 2.17. The van der Waals surface area contributed by atoms with Crippen molar-refractivity contribution in [1.82, 2.24) is 0 Å². The number of rotatable bonds is 2. The zero-order valence-corrected chi connectivity index (χ0v) is 13.4. The molecule has 2 heterocycles. The van der Waals surface area contributed by atoms with Gasteiger partial charge in [0.05, 0.1) is 12.4 Å². The van der Waals surface area contributed by atoms with Gasteiger partial charge in [0.2, 0.25) is 5.78 Å². The number of ketones is 1. The van der Waals surface area contributed by atoms with E-state index in [1.54, 1.807) is 11.3 Å². The molecule has 0 saturated carbocycles. The van der Waals surface area contributed by atoms with Gasteiger partial charge >= 0.3 is 0 Å². The zero-order chi connectivity index (χ0) is 11.9. The van der Waals surface area contributed by atoms with Crippen molar-refractivity contribution in [2.45, 2.75) is 13.8 Å². The molecular weight excluding hydrogens is 372 g/mol. The van der Waals surface area contributed by atoms with Crippen LogP contribution in [0.25, 0.3) is 0 Å². The van der Waals surface area contributed by atoms with E-state index in [-0.39, 0.29) is 5.78 Å². The summed E-state index contributed by atoms with van der Waals surface area (Å²) in [5.74, 6) is 0.109. The summed E-state index contributed by atoms with van der Waals surface area (Å²) in [5, 5.41) is 0. The van der Waals surface area contributed by atoms with Crippen LogP contribution >= 0.6 is 54.5 Å². The third-order valence-corrected chi connectivity index (χ3v) is 5.90. The van der Waals surface area contributed by atoms with Crippen LogP contribution in [-0.4, -0.2) is 5.78 Å². The topological polar surface area (TPSA) is 17.1 Å². The second-order valence-corrected chi connectivity index (χ2v) is 8.42. The molecule has 0 bridgehead atoms. The molecule has 0 N–H and O–H groups in total. The predicted molar refractivity (Wildman–Crippen MR) is 76.9 cm³/mol. The largest absolute Gasteiger partial charge is 0.288 e. The predicted octanol–water partition coefficient (Wildman–Crippen LogP) is 5.18. The molecule has 0 saturated heterocycles. The zero-order valence-electron chi connectivity index (χ0n) is 8.64. The maximum absolute atomic E-state index is 12.2. The van der Waals surface area contributed by atoms with Crippen molar-refractivity contribution in [2.24, 2.45) is 0 Å². The molecule has 0 aliphatic carbocycles. The van der Waals surface area contributed by atoms with Crippen LogP contribution in [0.5, 0.6) is 0 Å². The molecular formula is C11H8Br2OS2. The van der Waals surface area contributed by atoms with Gasteiger partial charge in [0.15, 0.2) is 0 Å². The van der Waals surface area contributed by atoms with Gasteiger partial charge in [-0.2, -0.15) is 0 Å². The molecule has 1 nitrogen and oxygen atoms in total. The van der Waals surface area contributed by atoms with Gasteiger partial charge in [-0.1, -0.05) is 0 Å². The van der Waals surface area contributed by atoms with Crippen molar-refractivity contribution in [3.05, 3.63) is 40.6 Å². The molecule has 2 aromatic heterocycles. The van der Waals surface area contributed by atoms with E-state index in [1.807, 2.05) is 26.0 Å². The Bertz CT molecular complexity index is 535. The molecule has 0 radical (unpaired) electrons. The average molecular weight is 380 g/mol. The Hall–Kier alpha value is 0.0300. The molecule has 0 aliphatic rings. The van der Waals surface area contributed by atoms with Gasteiger partial charge in [-0.15, -0.1) is 22.7 Å². The highest BCUT2D eigenvalue weighted by molar-refractivity contribution is 9.11. The Morgan fingerprint density at radius 2 is 1.88 bits per heavy atom. The van der Waals surface area contributed by atoms with Crippen LogP contribution in [0.3, 0.4) is 0 Å². The Morgan fingerprint density at radius 3 is 2.31 bits per heavy atom. The fourth-order valence-corrected chi connectivity index (χ4v) is 4.55. The molecule has 0 aliphatic heterocycles. The standard InChI is InChI=1S/C11H8Br2OS2/c1-5-3-8(16-11(5)13)10(14)7-4-9(12)15-6(7)2/h3-4H,1-2H3. The Morgan fingerprint density at radius 1 is 1.19 bits per heavy atom. The van der Waals surface area contributed by atoms with Crippen molar-refractivity contribution >= 4 is 60.3 Å². The minimum atomic E-state index is 0.109. The van der Waals surface area contributed by atoms with Crippen LogP contribution in [0, 0.1) is 13.8 Å². The summed E-state index contributed by atoms with van der Waals surface area (Å²) >= 11 is 9.93. The van der Waals surface area contributed by atoms with E-state index >= 15 is 0 Å². The summed E-state index contributed by atoms with van der Waals surface area (Å²) in [6.07, 6.45) is 0. The fourth-order valence-electron chi connectivity index (χ4n) is 1.38. The van der Waals surface area contributed by atoms with Gasteiger partial charge in [0, 0.05) is 10.4 Å². The number of carbonyl (C=O) groups excluding carboxylic acids is 1. The first kappa shape index (κ1) is 12.5. The maximum atomic E-state index is 12.2. The van der Waals surface area contributed by atoms with E-state index in [1.165, 1.54) is 11.3 Å². The molecule has 0 spiro atoms. The van der Waals surface area contributed by atoms with Gasteiger partial charge in [-0.05, 0) is 63.4 Å². The van der Waals surface area contributed by atoms with Gasteiger partial charge in [0.1, 0.15) is 0 Å². The lowest BCUT2D eigenvalue weighted by molar-refractivity contribution is 0.104. The van der Waals surface area contributed by atoms with Crippen LogP contribution in [0.4, 0.5) is 0 Å². The molecule has 0 unspecified atom stereocenters. The van der Waals surface area contributed by atoms with Crippen LogP contribution in [0.2, 0.25) is 0 Å². The quantitative estimate of drug-likeness (QED) is 0.656.